The van der Waals surface area contributed by atoms with Gasteiger partial charge in [0.05, 0.1) is 33.2 Å². The summed E-state index contributed by atoms with van der Waals surface area (Å²) in [6.45, 7) is 1.98. The topological polar surface area (TPSA) is 102 Å². The molecule has 1 aromatic heterocycles. The minimum absolute atomic E-state index is 0.0200. The molecule has 0 radical (unpaired) electrons. The number of hydrogen-bond donors (Lipinski definition) is 3. The number of amides is 1. The van der Waals surface area contributed by atoms with Crippen molar-refractivity contribution in [2.45, 2.75) is 31.2 Å². The second kappa shape index (κ2) is 12.1. The predicted octanol–water partition coefficient (Wildman–Crippen LogP) is 6.51. The van der Waals surface area contributed by atoms with Crippen molar-refractivity contribution in [1.29, 1.82) is 5.26 Å². The smallest absolute Gasteiger partial charge is 0.363 e. The van der Waals surface area contributed by atoms with Gasteiger partial charge in [0, 0.05) is 16.6 Å². The number of aliphatic hydroxyl groups is 1. The summed E-state index contributed by atoms with van der Waals surface area (Å²) < 4.78 is 43.9. The Kier molecular flexibility index (Phi) is 8.95. The van der Waals surface area contributed by atoms with Crippen LogP contribution in [-0.2, 0) is 11.2 Å². The standard InChI is InChI=1S/C28H23ClF3N3O3S2/c1-2-16-9-11-17(12-10-16)34-22(36)15-40-26-19(14-33)23(18-6-3-4-7-20(18)29)24(25(37)21-8-5-13-39-21)27(38,35-26)28(30,31)32/h3-13,23-24,35,38H,2,15H2,1H3,(H,34,36)/t23-,24-,27+/m0/s1. The molecular formula is C28H23ClF3N3O3S2. The molecule has 6 nitrogen and oxygen atoms in total. The highest BCUT2D eigenvalue weighted by Crippen LogP contribution is 2.52. The van der Waals surface area contributed by atoms with Gasteiger partial charge in [0.1, 0.15) is 0 Å². The third kappa shape index (κ3) is 5.90. The van der Waals surface area contributed by atoms with Crippen LogP contribution in [0.1, 0.15) is 33.6 Å². The number of allylic oxidation sites excluding steroid dienone is 1. The minimum Gasteiger partial charge on any atom is -0.363 e. The molecule has 1 aliphatic rings. The number of carbonyl (C=O) groups excluding carboxylic acids is 2. The van der Waals surface area contributed by atoms with Crippen molar-refractivity contribution in [2.24, 2.45) is 5.92 Å². The first-order chi connectivity index (χ1) is 19.0. The van der Waals surface area contributed by atoms with Gasteiger partial charge in [-0.2, -0.15) is 18.4 Å². The van der Waals surface area contributed by atoms with Gasteiger partial charge in [-0.3, -0.25) is 9.59 Å². The molecule has 208 valence electrons. The zero-order valence-corrected chi connectivity index (χ0v) is 23.3. The highest BCUT2D eigenvalue weighted by Gasteiger charge is 2.66. The molecule has 0 aliphatic carbocycles. The van der Waals surface area contributed by atoms with E-state index >= 15 is 0 Å². The fourth-order valence-electron chi connectivity index (χ4n) is 4.48. The average Bonchev–Trinajstić information content (AvgIpc) is 3.46. The summed E-state index contributed by atoms with van der Waals surface area (Å²) in [5.74, 6) is -5.67. The van der Waals surface area contributed by atoms with Gasteiger partial charge in [-0.1, -0.05) is 66.7 Å². The van der Waals surface area contributed by atoms with E-state index in [2.05, 4.69) is 5.32 Å². The van der Waals surface area contributed by atoms with E-state index in [1.54, 1.807) is 18.2 Å². The lowest BCUT2D eigenvalue weighted by Gasteiger charge is -2.45. The van der Waals surface area contributed by atoms with Crippen LogP contribution in [0.2, 0.25) is 5.02 Å². The Labute approximate surface area is 241 Å². The van der Waals surface area contributed by atoms with Crippen LogP contribution in [0.5, 0.6) is 0 Å². The number of aryl methyl sites for hydroxylation is 1. The molecule has 3 aromatic rings. The monoisotopic (exact) mass is 605 g/mol. The number of hydrogen-bond acceptors (Lipinski definition) is 7. The lowest BCUT2D eigenvalue weighted by atomic mass is 9.70. The lowest BCUT2D eigenvalue weighted by Crippen LogP contribution is -2.66. The molecule has 4 rings (SSSR count). The van der Waals surface area contributed by atoms with Crippen LogP contribution in [0.25, 0.3) is 0 Å². The maximum absolute atomic E-state index is 14.6. The molecule has 0 unspecified atom stereocenters. The predicted molar refractivity (Wildman–Crippen MR) is 150 cm³/mol. The molecular weight excluding hydrogens is 583 g/mol. The highest BCUT2D eigenvalue weighted by atomic mass is 35.5. The normalized spacial score (nSPS) is 20.9. The minimum atomic E-state index is -5.35. The third-order valence-corrected chi connectivity index (χ3v) is 8.72. The van der Waals surface area contributed by atoms with Crippen LogP contribution in [-0.4, -0.2) is 34.5 Å². The van der Waals surface area contributed by atoms with Crippen molar-refractivity contribution < 1.29 is 27.9 Å². The number of halogens is 4. The number of ketones is 1. The molecule has 40 heavy (non-hydrogen) atoms. The number of benzene rings is 2. The Morgan fingerprint density at radius 3 is 2.45 bits per heavy atom. The summed E-state index contributed by atoms with van der Waals surface area (Å²) in [5.41, 5.74) is -2.39. The Bertz CT molecular complexity index is 1470. The van der Waals surface area contributed by atoms with Crippen LogP contribution in [0.4, 0.5) is 18.9 Å². The van der Waals surface area contributed by atoms with Crippen LogP contribution >= 0.6 is 34.7 Å². The third-order valence-electron chi connectivity index (χ3n) is 6.48. The van der Waals surface area contributed by atoms with E-state index in [0.29, 0.717) is 17.4 Å². The maximum atomic E-state index is 14.6. The number of carbonyl (C=O) groups is 2. The van der Waals surface area contributed by atoms with Gasteiger partial charge in [-0.25, -0.2) is 0 Å². The molecule has 0 bridgehead atoms. The Morgan fingerprint density at radius 1 is 1.18 bits per heavy atom. The van der Waals surface area contributed by atoms with Gasteiger partial charge in [0.25, 0.3) is 0 Å². The molecule has 12 heteroatoms. The van der Waals surface area contributed by atoms with Crippen molar-refractivity contribution in [1.82, 2.24) is 5.32 Å². The highest BCUT2D eigenvalue weighted by molar-refractivity contribution is 8.03. The first-order valence-corrected chi connectivity index (χ1v) is 14.3. The van der Waals surface area contributed by atoms with Crippen LogP contribution in [0.3, 0.4) is 0 Å². The fourth-order valence-corrected chi connectivity index (χ4v) is 6.34. The average molecular weight is 606 g/mol. The number of nitriles is 1. The summed E-state index contributed by atoms with van der Waals surface area (Å²) >= 11 is 7.91. The van der Waals surface area contributed by atoms with Crippen molar-refractivity contribution in [3.05, 3.63) is 97.7 Å². The lowest BCUT2D eigenvalue weighted by molar-refractivity contribution is -0.285. The number of thioether (sulfide) groups is 1. The largest absolute Gasteiger partial charge is 0.437 e. The van der Waals surface area contributed by atoms with E-state index in [-0.39, 0.29) is 31.8 Å². The van der Waals surface area contributed by atoms with Crippen LogP contribution in [0, 0.1) is 17.2 Å². The number of alkyl halides is 3. The van der Waals surface area contributed by atoms with Crippen molar-refractivity contribution in [3.63, 3.8) is 0 Å². The molecule has 0 spiro atoms. The zero-order chi connectivity index (χ0) is 29.1. The van der Waals surface area contributed by atoms with Gasteiger partial charge in [0.15, 0.2) is 5.78 Å². The number of anilines is 1. The van der Waals surface area contributed by atoms with Gasteiger partial charge < -0.3 is 15.7 Å². The van der Waals surface area contributed by atoms with E-state index in [0.717, 1.165) is 23.3 Å². The molecule has 0 fully saturated rings. The Hall–Kier alpha value is -3.30. The molecule has 0 saturated carbocycles. The van der Waals surface area contributed by atoms with Gasteiger partial charge in [-0.15, -0.1) is 11.3 Å². The summed E-state index contributed by atoms with van der Waals surface area (Å²) in [5, 5.41) is 27.3. The summed E-state index contributed by atoms with van der Waals surface area (Å²) in [6, 6.07) is 17.8. The Morgan fingerprint density at radius 2 is 1.88 bits per heavy atom. The van der Waals surface area contributed by atoms with E-state index in [9.17, 15) is 33.1 Å². The number of nitrogens with one attached hydrogen (secondary N) is 2. The summed E-state index contributed by atoms with van der Waals surface area (Å²) in [4.78, 5) is 26.2. The van der Waals surface area contributed by atoms with Gasteiger partial charge in [0.2, 0.25) is 11.6 Å². The number of Topliss-reactive ketones (excluding diaryl/α,β-unsaturated/α-hetero) is 1. The summed E-state index contributed by atoms with van der Waals surface area (Å²) in [6.07, 6.45) is -4.54. The van der Waals surface area contributed by atoms with E-state index in [4.69, 9.17) is 11.6 Å². The molecule has 3 N–H and O–H groups in total. The second-order valence-electron chi connectivity index (χ2n) is 8.95. The molecule has 2 heterocycles. The van der Waals surface area contributed by atoms with Gasteiger partial charge >= 0.3 is 6.18 Å². The van der Waals surface area contributed by atoms with Crippen molar-refractivity contribution in [2.75, 3.05) is 11.1 Å². The van der Waals surface area contributed by atoms with Crippen LogP contribution < -0.4 is 10.6 Å². The summed E-state index contributed by atoms with van der Waals surface area (Å²) in [7, 11) is 0. The van der Waals surface area contributed by atoms with Crippen molar-refractivity contribution >= 4 is 52.1 Å². The quantitative estimate of drug-likeness (QED) is 0.253. The number of nitrogens with zero attached hydrogens (tertiary/aromatic N) is 1. The second-order valence-corrected chi connectivity index (χ2v) is 11.3. The first kappa shape index (κ1) is 29.7. The van der Waals surface area contributed by atoms with Crippen LogP contribution in [0.15, 0.2) is 76.6 Å². The molecule has 3 atom stereocenters. The molecule has 0 saturated heterocycles. The fraction of sp³-hybridized carbons (Fsp3) is 0.250. The molecule has 1 amide bonds. The van der Waals surface area contributed by atoms with Crippen molar-refractivity contribution in [3.8, 4) is 6.07 Å². The van der Waals surface area contributed by atoms with E-state index in [1.807, 2.05) is 30.4 Å². The SMILES string of the molecule is CCc1ccc(NC(=O)CSC2=C(C#N)[C@H](c3ccccc3Cl)[C@@H](C(=O)c3cccs3)[C@@](O)(C(F)(F)F)N2)cc1. The van der Waals surface area contributed by atoms with Gasteiger partial charge in [-0.05, 0) is 47.2 Å². The molecule has 2 aromatic carbocycles. The maximum Gasteiger partial charge on any atom is 0.437 e. The Balaban J connectivity index is 1.77. The number of thiophene rings is 1. The van der Waals surface area contributed by atoms with E-state index in [1.165, 1.54) is 35.7 Å². The number of rotatable bonds is 8. The molecule has 1 aliphatic heterocycles. The zero-order valence-electron chi connectivity index (χ0n) is 21.0. The first-order valence-electron chi connectivity index (χ1n) is 12.1. The van der Waals surface area contributed by atoms with E-state index < -0.39 is 35.4 Å².